The summed E-state index contributed by atoms with van der Waals surface area (Å²) in [6.07, 6.45) is 6.98. The van der Waals surface area contributed by atoms with E-state index in [9.17, 15) is 24.3 Å². The van der Waals surface area contributed by atoms with E-state index in [2.05, 4.69) is 26.0 Å². The number of fused-ring (bicyclic) bond motifs is 2. The summed E-state index contributed by atoms with van der Waals surface area (Å²) in [6, 6.07) is 6.89. The van der Waals surface area contributed by atoms with Crippen LogP contribution < -0.4 is 10.6 Å². The van der Waals surface area contributed by atoms with Crippen LogP contribution in [0, 0.1) is 5.92 Å². The molecule has 0 unspecified atom stereocenters. The number of allylic oxidation sites excluding steroid dienone is 1. The summed E-state index contributed by atoms with van der Waals surface area (Å²) in [7, 11) is 0. The number of nitrogens with one attached hydrogen (secondary N) is 2. The number of nitrogens with zero attached hydrogens (tertiary/aromatic N) is 5. The molecule has 3 heterocycles. The maximum absolute atomic E-state index is 14.1. The molecule has 230 valence electrons. The molecule has 5 atom stereocenters. The number of tetrazole rings is 1. The lowest BCUT2D eigenvalue weighted by molar-refractivity contribution is -0.145. The molecule has 2 aromatic rings. The number of ether oxygens (including phenoxy) is 1. The number of aliphatic carboxylic acids is 1. The van der Waals surface area contributed by atoms with Crippen LogP contribution in [0.4, 0.5) is 4.79 Å². The van der Waals surface area contributed by atoms with Gasteiger partial charge in [-0.1, -0.05) is 55.3 Å². The van der Waals surface area contributed by atoms with E-state index in [-0.39, 0.29) is 25.3 Å². The normalized spacial score (nSPS) is 28.9. The number of amides is 3. The molecule has 3 amide bonds. The van der Waals surface area contributed by atoms with Crippen molar-refractivity contribution in [3.8, 4) is 11.4 Å². The molecular weight excluding hydrogens is 554 g/mol. The van der Waals surface area contributed by atoms with Gasteiger partial charge in [-0.3, -0.25) is 9.59 Å². The highest BCUT2D eigenvalue weighted by atomic mass is 16.6. The minimum absolute atomic E-state index is 0.0808. The zero-order valence-electron chi connectivity index (χ0n) is 24.7. The second-order valence-corrected chi connectivity index (χ2v) is 12.5. The van der Waals surface area contributed by atoms with E-state index in [0.717, 1.165) is 24.8 Å². The highest BCUT2D eigenvalue weighted by Gasteiger charge is 2.61. The number of carbonyl (C=O) groups excluding carboxylic acids is 3. The van der Waals surface area contributed by atoms with Gasteiger partial charge in [-0.05, 0) is 51.7 Å². The lowest BCUT2D eigenvalue weighted by Crippen LogP contribution is -2.56. The van der Waals surface area contributed by atoms with E-state index in [1.165, 1.54) is 9.70 Å². The molecule has 3 aliphatic rings. The Balaban J connectivity index is 1.44. The van der Waals surface area contributed by atoms with Crippen molar-refractivity contribution in [2.45, 2.75) is 95.0 Å². The lowest BCUT2D eigenvalue weighted by atomic mass is 10.0. The van der Waals surface area contributed by atoms with Gasteiger partial charge in [-0.2, -0.15) is 4.80 Å². The zero-order valence-corrected chi connectivity index (χ0v) is 24.7. The fraction of sp³-hybridized carbons (Fsp3) is 0.567. The van der Waals surface area contributed by atoms with E-state index in [0.29, 0.717) is 18.7 Å². The summed E-state index contributed by atoms with van der Waals surface area (Å²) in [5.41, 5.74) is -1.41. The Bertz CT molecular complexity index is 1390. The molecule has 13 nitrogen and oxygen atoms in total. The molecule has 2 fully saturated rings. The van der Waals surface area contributed by atoms with Crippen LogP contribution in [-0.4, -0.2) is 83.9 Å². The van der Waals surface area contributed by atoms with Crippen molar-refractivity contribution >= 4 is 23.9 Å². The van der Waals surface area contributed by atoms with Gasteiger partial charge in [0.05, 0.1) is 6.04 Å². The molecule has 1 saturated carbocycles. The summed E-state index contributed by atoms with van der Waals surface area (Å²) in [6.45, 7) is 5.30. The van der Waals surface area contributed by atoms with Crippen molar-refractivity contribution < 1.29 is 29.0 Å². The summed E-state index contributed by atoms with van der Waals surface area (Å²) in [4.78, 5) is 55.7. The minimum Gasteiger partial charge on any atom is -0.479 e. The van der Waals surface area contributed by atoms with Crippen LogP contribution in [0.25, 0.3) is 11.4 Å². The minimum atomic E-state index is -1.42. The number of aromatic nitrogens is 4. The largest absolute Gasteiger partial charge is 0.479 e. The number of hydrogen-bond donors (Lipinski definition) is 3. The molecule has 13 heteroatoms. The van der Waals surface area contributed by atoms with Crippen molar-refractivity contribution in [1.82, 2.24) is 35.7 Å². The third-order valence-corrected chi connectivity index (χ3v) is 8.12. The quantitative estimate of drug-likeness (QED) is 0.451. The first-order valence-corrected chi connectivity index (χ1v) is 14.8. The summed E-state index contributed by atoms with van der Waals surface area (Å²) >= 11 is 0. The van der Waals surface area contributed by atoms with Crippen LogP contribution in [0.2, 0.25) is 0 Å². The Hall–Kier alpha value is -4.29. The van der Waals surface area contributed by atoms with Gasteiger partial charge in [-0.15, -0.1) is 10.2 Å². The Kier molecular flexibility index (Phi) is 8.52. The van der Waals surface area contributed by atoms with Crippen molar-refractivity contribution in [3.63, 3.8) is 0 Å². The summed E-state index contributed by atoms with van der Waals surface area (Å²) < 4.78 is 5.43. The molecule has 5 rings (SSSR count). The van der Waals surface area contributed by atoms with Crippen molar-refractivity contribution in [2.24, 2.45) is 5.92 Å². The van der Waals surface area contributed by atoms with Gasteiger partial charge in [0.1, 0.15) is 23.2 Å². The number of rotatable bonds is 4. The maximum atomic E-state index is 14.1. The standard InChI is InChI=1S/C30H39N7O6/c1-29(2,3)43-28(42)31-22-15-11-6-4-5-10-14-20-17-30(20,27(40)41)32-25(38)23-16-21(18-36(23)26(22)39)37-34-24(33-35-37)19-12-8-7-9-13-19/h7-10,12-14,20-23H,4-6,11,15-18H2,1-3H3,(H,31,42)(H,32,38)(H,40,41)/b14-10-/t20-,21+,22-,23-,30+/m0/s1. The van der Waals surface area contributed by atoms with Crippen LogP contribution in [-0.2, 0) is 19.1 Å². The zero-order chi connectivity index (χ0) is 30.8. The summed E-state index contributed by atoms with van der Waals surface area (Å²) in [5.74, 6) is -2.04. The molecule has 0 bridgehead atoms. The van der Waals surface area contributed by atoms with Crippen molar-refractivity contribution in [1.29, 1.82) is 0 Å². The van der Waals surface area contributed by atoms with Crippen LogP contribution >= 0.6 is 0 Å². The second kappa shape index (κ2) is 12.1. The van der Waals surface area contributed by atoms with Gasteiger partial charge >= 0.3 is 12.1 Å². The van der Waals surface area contributed by atoms with Crippen LogP contribution in [0.3, 0.4) is 0 Å². The molecule has 43 heavy (non-hydrogen) atoms. The monoisotopic (exact) mass is 593 g/mol. The van der Waals surface area contributed by atoms with Gasteiger partial charge in [0.2, 0.25) is 17.6 Å². The van der Waals surface area contributed by atoms with Gasteiger partial charge in [-0.25, -0.2) is 9.59 Å². The Morgan fingerprint density at radius 3 is 2.63 bits per heavy atom. The molecule has 1 aromatic carbocycles. The molecule has 2 aliphatic heterocycles. The number of carboxylic acids is 1. The molecule has 1 saturated heterocycles. The fourth-order valence-corrected chi connectivity index (χ4v) is 5.78. The van der Waals surface area contributed by atoms with Crippen molar-refractivity contribution in [3.05, 3.63) is 42.5 Å². The second-order valence-electron chi connectivity index (χ2n) is 12.5. The van der Waals surface area contributed by atoms with E-state index in [1.807, 2.05) is 42.5 Å². The molecule has 0 spiro atoms. The van der Waals surface area contributed by atoms with Gasteiger partial charge in [0, 0.05) is 24.4 Å². The third kappa shape index (κ3) is 6.86. The van der Waals surface area contributed by atoms with Crippen LogP contribution in [0.15, 0.2) is 42.5 Å². The number of hydrogen-bond acceptors (Lipinski definition) is 8. The van der Waals surface area contributed by atoms with Crippen molar-refractivity contribution in [2.75, 3.05) is 6.54 Å². The average molecular weight is 594 g/mol. The molecule has 1 aliphatic carbocycles. The van der Waals surface area contributed by atoms with Gasteiger partial charge < -0.3 is 25.4 Å². The first kappa shape index (κ1) is 30.2. The average Bonchev–Trinajstić information content (AvgIpc) is 3.28. The fourth-order valence-electron chi connectivity index (χ4n) is 5.78. The number of alkyl carbamates (subject to hydrolysis) is 1. The number of carbonyl (C=O) groups is 4. The number of benzene rings is 1. The first-order chi connectivity index (χ1) is 20.5. The van der Waals surface area contributed by atoms with E-state index < -0.39 is 53.1 Å². The van der Waals surface area contributed by atoms with Crippen LogP contribution in [0.5, 0.6) is 0 Å². The van der Waals surface area contributed by atoms with Crippen LogP contribution in [0.1, 0.15) is 71.8 Å². The Morgan fingerprint density at radius 2 is 1.91 bits per heavy atom. The predicted molar refractivity (Wildman–Crippen MR) is 154 cm³/mol. The molecule has 0 radical (unpaired) electrons. The smallest absolute Gasteiger partial charge is 0.408 e. The van der Waals surface area contributed by atoms with E-state index in [1.54, 1.807) is 20.8 Å². The highest BCUT2D eigenvalue weighted by molar-refractivity contribution is 5.96. The number of carboxylic acid groups (broad SMARTS) is 1. The third-order valence-electron chi connectivity index (χ3n) is 8.12. The predicted octanol–water partition coefficient (Wildman–Crippen LogP) is 2.86. The molecule has 1 aromatic heterocycles. The van der Waals surface area contributed by atoms with Gasteiger partial charge in [0.25, 0.3) is 0 Å². The highest BCUT2D eigenvalue weighted by Crippen LogP contribution is 2.45. The maximum Gasteiger partial charge on any atom is 0.408 e. The Labute approximate surface area is 250 Å². The first-order valence-electron chi connectivity index (χ1n) is 14.8. The molecular formula is C30H39N7O6. The van der Waals surface area contributed by atoms with Gasteiger partial charge in [0.15, 0.2) is 0 Å². The topological polar surface area (TPSA) is 169 Å². The molecule has 3 N–H and O–H groups in total. The van der Waals surface area contributed by atoms with E-state index in [4.69, 9.17) is 4.74 Å². The SMILES string of the molecule is CC(C)(C)OC(=O)N[C@H]1CCCCC/C=C\[C@H]2C[C@@]2(C(=O)O)NC(=O)[C@@H]2C[C@@H](n3nnc(-c4ccccc4)n3)CN2C1=O. The Morgan fingerprint density at radius 1 is 1.14 bits per heavy atom. The lowest BCUT2D eigenvalue weighted by Gasteiger charge is -2.30. The van der Waals surface area contributed by atoms with E-state index >= 15 is 0 Å². The summed E-state index contributed by atoms with van der Waals surface area (Å²) in [5, 5.41) is 28.4.